The lowest BCUT2D eigenvalue weighted by Gasteiger charge is -2.07. The van der Waals surface area contributed by atoms with Crippen molar-refractivity contribution in [2.45, 2.75) is 12.5 Å². The van der Waals surface area contributed by atoms with E-state index in [1.165, 1.54) is 0 Å². The van der Waals surface area contributed by atoms with E-state index < -0.39 is 9.84 Å². The summed E-state index contributed by atoms with van der Waals surface area (Å²) in [6, 6.07) is 11.8. The summed E-state index contributed by atoms with van der Waals surface area (Å²) in [6.45, 7) is 0. The number of hydrogen-bond donors (Lipinski definition) is 0. The molecule has 0 N–H and O–H groups in total. The first-order valence-electron chi connectivity index (χ1n) is 5.95. The summed E-state index contributed by atoms with van der Waals surface area (Å²) in [5, 5.41) is 4.48. The highest BCUT2D eigenvalue weighted by atomic mass is 32.2. The van der Waals surface area contributed by atoms with Crippen molar-refractivity contribution in [2.24, 2.45) is 0 Å². The van der Waals surface area contributed by atoms with Crippen molar-refractivity contribution in [1.82, 2.24) is 9.78 Å². The van der Waals surface area contributed by atoms with Gasteiger partial charge in [0.25, 0.3) is 0 Å². The quantitative estimate of drug-likeness (QED) is 0.830. The first-order valence-corrected chi connectivity index (χ1v) is 7.77. The molecule has 1 aliphatic heterocycles. The van der Waals surface area contributed by atoms with Crippen LogP contribution in [0.3, 0.4) is 0 Å². The van der Waals surface area contributed by atoms with E-state index in [0.717, 1.165) is 11.3 Å². The zero-order valence-electron chi connectivity index (χ0n) is 9.86. The van der Waals surface area contributed by atoms with Gasteiger partial charge in [0.05, 0.1) is 23.2 Å². The summed E-state index contributed by atoms with van der Waals surface area (Å²) in [5.41, 5.74) is 1.94. The third kappa shape index (κ3) is 2.18. The first-order chi connectivity index (χ1) is 8.64. The average Bonchev–Trinajstić information content (AvgIpc) is 2.96. The van der Waals surface area contributed by atoms with Crippen molar-refractivity contribution >= 4 is 9.84 Å². The summed E-state index contributed by atoms with van der Waals surface area (Å²) in [5.74, 6) is 0.487. The molecule has 1 aliphatic rings. The third-order valence-electron chi connectivity index (χ3n) is 3.26. The highest BCUT2D eigenvalue weighted by Gasteiger charge is 2.29. The monoisotopic (exact) mass is 262 g/mol. The molecule has 18 heavy (non-hydrogen) atoms. The summed E-state index contributed by atoms with van der Waals surface area (Å²) in [4.78, 5) is 0. The van der Waals surface area contributed by atoms with Gasteiger partial charge < -0.3 is 0 Å². The Morgan fingerprint density at radius 3 is 2.61 bits per heavy atom. The number of aromatic nitrogens is 2. The van der Waals surface area contributed by atoms with E-state index in [-0.39, 0.29) is 17.5 Å². The van der Waals surface area contributed by atoms with Gasteiger partial charge in [0.1, 0.15) is 0 Å². The molecular weight excluding hydrogens is 248 g/mol. The van der Waals surface area contributed by atoms with E-state index in [2.05, 4.69) is 5.10 Å². The molecule has 1 unspecified atom stereocenters. The molecule has 1 aromatic heterocycles. The van der Waals surface area contributed by atoms with Crippen molar-refractivity contribution in [1.29, 1.82) is 0 Å². The molecule has 4 nitrogen and oxygen atoms in total. The molecule has 0 spiro atoms. The Morgan fingerprint density at radius 1 is 1.17 bits per heavy atom. The second kappa shape index (κ2) is 4.24. The highest BCUT2D eigenvalue weighted by molar-refractivity contribution is 7.91. The molecule has 2 aromatic rings. The molecule has 0 radical (unpaired) electrons. The fourth-order valence-corrected chi connectivity index (χ4v) is 3.99. The topological polar surface area (TPSA) is 52.0 Å². The van der Waals surface area contributed by atoms with Crippen LogP contribution in [0.5, 0.6) is 0 Å². The standard InChI is InChI=1S/C13H14N2O2S/c16-18(17)9-7-12(10-18)15-8-6-13(14-15)11-4-2-1-3-5-11/h1-6,8,12H,7,9-10H2. The minimum Gasteiger partial charge on any atom is -0.268 e. The van der Waals surface area contributed by atoms with Crippen LogP contribution in [-0.2, 0) is 9.84 Å². The van der Waals surface area contributed by atoms with Gasteiger partial charge in [0, 0.05) is 11.8 Å². The van der Waals surface area contributed by atoms with Crippen LogP contribution in [0, 0.1) is 0 Å². The largest absolute Gasteiger partial charge is 0.268 e. The average molecular weight is 262 g/mol. The molecular formula is C13H14N2O2S. The van der Waals surface area contributed by atoms with E-state index in [0.29, 0.717) is 6.42 Å². The van der Waals surface area contributed by atoms with Crippen molar-refractivity contribution in [2.75, 3.05) is 11.5 Å². The smallest absolute Gasteiger partial charge is 0.152 e. The summed E-state index contributed by atoms with van der Waals surface area (Å²) < 4.78 is 24.7. The van der Waals surface area contributed by atoms with Crippen LogP contribution < -0.4 is 0 Å². The Bertz CT molecular complexity index is 647. The van der Waals surface area contributed by atoms with E-state index in [9.17, 15) is 8.42 Å². The SMILES string of the molecule is O=S1(=O)CCC(n2ccc(-c3ccccc3)n2)C1. The number of rotatable bonds is 2. The molecule has 2 heterocycles. The van der Waals surface area contributed by atoms with Crippen LogP contribution in [0.4, 0.5) is 0 Å². The Labute approximate surface area is 106 Å². The van der Waals surface area contributed by atoms with Crippen molar-refractivity contribution in [3.8, 4) is 11.3 Å². The molecule has 1 saturated heterocycles. The Balaban J connectivity index is 1.87. The van der Waals surface area contributed by atoms with Crippen LogP contribution in [0.2, 0.25) is 0 Å². The molecule has 94 valence electrons. The normalized spacial score (nSPS) is 22.1. The maximum atomic E-state index is 11.4. The highest BCUT2D eigenvalue weighted by Crippen LogP contribution is 2.25. The third-order valence-corrected chi connectivity index (χ3v) is 5.01. The molecule has 1 atom stereocenters. The predicted molar refractivity (Wildman–Crippen MR) is 70.0 cm³/mol. The van der Waals surface area contributed by atoms with Crippen LogP contribution in [0.25, 0.3) is 11.3 Å². The Morgan fingerprint density at radius 2 is 1.94 bits per heavy atom. The molecule has 0 aliphatic carbocycles. The number of sulfone groups is 1. The zero-order valence-corrected chi connectivity index (χ0v) is 10.7. The van der Waals surface area contributed by atoms with E-state index in [1.54, 1.807) is 4.68 Å². The second-order valence-electron chi connectivity index (χ2n) is 4.60. The second-order valence-corrected chi connectivity index (χ2v) is 6.83. The summed E-state index contributed by atoms with van der Waals surface area (Å²) in [6.07, 6.45) is 2.53. The molecule has 1 aromatic carbocycles. The van der Waals surface area contributed by atoms with Gasteiger partial charge in [-0.05, 0) is 12.5 Å². The van der Waals surface area contributed by atoms with Gasteiger partial charge >= 0.3 is 0 Å². The maximum Gasteiger partial charge on any atom is 0.152 e. The number of benzene rings is 1. The summed E-state index contributed by atoms with van der Waals surface area (Å²) in [7, 11) is -2.86. The fraction of sp³-hybridized carbons (Fsp3) is 0.308. The molecule has 0 bridgehead atoms. The van der Waals surface area contributed by atoms with E-state index in [4.69, 9.17) is 0 Å². The van der Waals surface area contributed by atoms with Crippen molar-refractivity contribution in [3.63, 3.8) is 0 Å². The molecule has 0 saturated carbocycles. The molecule has 0 amide bonds. The van der Waals surface area contributed by atoms with Crippen LogP contribution in [0.15, 0.2) is 42.6 Å². The predicted octanol–water partition coefficient (Wildman–Crippen LogP) is 1.91. The molecule has 5 heteroatoms. The minimum atomic E-state index is -2.86. The Kier molecular flexibility index (Phi) is 2.70. The van der Waals surface area contributed by atoms with Gasteiger partial charge in [-0.15, -0.1) is 0 Å². The van der Waals surface area contributed by atoms with Crippen molar-refractivity contribution in [3.05, 3.63) is 42.6 Å². The fourth-order valence-electron chi connectivity index (χ4n) is 2.29. The van der Waals surface area contributed by atoms with Gasteiger partial charge in [-0.2, -0.15) is 5.10 Å². The van der Waals surface area contributed by atoms with Gasteiger partial charge in [-0.1, -0.05) is 30.3 Å². The molecule has 3 rings (SSSR count). The van der Waals surface area contributed by atoms with Gasteiger partial charge in [-0.3, -0.25) is 4.68 Å². The zero-order chi connectivity index (χ0) is 12.6. The van der Waals surface area contributed by atoms with Crippen molar-refractivity contribution < 1.29 is 8.42 Å². The Hall–Kier alpha value is -1.62. The molecule has 1 fully saturated rings. The van der Waals surface area contributed by atoms with Gasteiger partial charge in [0.2, 0.25) is 0 Å². The lowest BCUT2D eigenvalue weighted by molar-refractivity contribution is 0.501. The van der Waals surface area contributed by atoms with Gasteiger partial charge in [-0.25, -0.2) is 8.42 Å². The van der Waals surface area contributed by atoms with Gasteiger partial charge in [0.15, 0.2) is 9.84 Å². The number of nitrogens with zero attached hydrogens (tertiary/aromatic N) is 2. The van der Waals surface area contributed by atoms with Crippen LogP contribution in [0.1, 0.15) is 12.5 Å². The lowest BCUT2D eigenvalue weighted by Crippen LogP contribution is -2.11. The maximum absolute atomic E-state index is 11.4. The van der Waals surface area contributed by atoms with Crippen LogP contribution in [-0.4, -0.2) is 29.7 Å². The first kappa shape index (κ1) is 11.5. The van der Waals surface area contributed by atoms with Crippen LogP contribution >= 0.6 is 0 Å². The van der Waals surface area contributed by atoms with E-state index >= 15 is 0 Å². The number of hydrogen-bond acceptors (Lipinski definition) is 3. The van der Waals surface area contributed by atoms with E-state index in [1.807, 2.05) is 42.6 Å². The summed E-state index contributed by atoms with van der Waals surface area (Å²) >= 11 is 0. The lowest BCUT2D eigenvalue weighted by atomic mass is 10.2. The minimum absolute atomic E-state index is 0.00698.